The molecule has 2 heterocycles. The predicted octanol–water partition coefficient (Wildman–Crippen LogP) is 15.5. The highest BCUT2D eigenvalue weighted by Crippen LogP contribution is 2.43. The number of thiophene rings is 1. The first-order chi connectivity index (χ1) is 28.7. The molecule has 0 aliphatic carbocycles. The Morgan fingerprint density at radius 3 is 1.81 bits per heavy atom. The lowest BCUT2D eigenvalue weighted by molar-refractivity contribution is 0.340. The van der Waals surface area contributed by atoms with E-state index in [0.29, 0.717) is 6.61 Å². The van der Waals surface area contributed by atoms with Crippen molar-refractivity contribution in [3.05, 3.63) is 200 Å². The molecule has 9 aromatic carbocycles. The van der Waals surface area contributed by atoms with E-state index in [0.717, 1.165) is 28.5 Å². The average Bonchev–Trinajstić information content (AvgIpc) is 3.83. The van der Waals surface area contributed by atoms with Crippen molar-refractivity contribution in [3.8, 4) is 33.7 Å². The average molecular weight is 763 g/mol. The van der Waals surface area contributed by atoms with Gasteiger partial charge in [-0.15, -0.1) is 11.3 Å². The third-order valence-corrected chi connectivity index (χ3v) is 12.6. The summed E-state index contributed by atoms with van der Waals surface area (Å²) in [6.45, 7) is 2.65. The first-order valence-electron chi connectivity index (χ1n) is 19.9. The van der Waals surface area contributed by atoms with Gasteiger partial charge in [0.05, 0.1) is 17.6 Å². The van der Waals surface area contributed by atoms with E-state index in [9.17, 15) is 0 Å². The lowest BCUT2D eigenvalue weighted by Gasteiger charge is -2.25. The Morgan fingerprint density at radius 1 is 0.448 bits per heavy atom. The van der Waals surface area contributed by atoms with Gasteiger partial charge in [-0.25, -0.2) is 0 Å². The highest BCUT2D eigenvalue weighted by atomic mass is 32.1. The van der Waals surface area contributed by atoms with Gasteiger partial charge in [-0.2, -0.15) is 0 Å². The molecular weight excluding hydrogens is 725 g/mol. The number of para-hydroxylation sites is 1. The molecule has 11 rings (SSSR count). The van der Waals surface area contributed by atoms with Gasteiger partial charge in [-0.1, -0.05) is 109 Å². The summed E-state index contributed by atoms with van der Waals surface area (Å²) < 4.78 is 10.9. The molecule has 2 aromatic heterocycles. The van der Waals surface area contributed by atoms with Gasteiger partial charge in [0, 0.05) is 59.1 Å². The fraction of sp³-hybridized carbons (Fsp3) is 0.0370. The third kappa shape index (κ3) is 5.80. The van der Waals surface area contributed by atoms with Gasteiger partial charge in [-0.3, -0.25) is 0 Å². The minimum atomic E-state index is 0.643. The smallest absolute Gasteiger partial charge is 0.119 e. The molecule has 0 atom stereocenters. The lowest BCUT2D eigenvalue weighted by atomic mass is 10.0. The van der Waals surface area contributed by atoms with Crippen LogP contribution in [0.5, 0.6) is 5.75 Å². The summed E-state index contributed by atoms with van der Waals surface area (Å²) in [4.78, 5) is 2.29. The predicted molar refractivity (Wildman–Crippen MR) is 248 cm³/mol. The molecule has 0 aliphatic rings. The van der Waals surface area contributed by atoms with E-state index < -0.39 is 0 Å². The van der Waals surface area contributed by atoms with E-state index in [1.165, 1.54) is 75.0 Å². The Balaban J connectivity index is 1.06. The van der Waals surface area contributed by atoms with Crippen molar-refractivity contribution in [2.24, 2.45) is 0 Å². The minimum absolute atomic E-state index is 0.643. The molecule has 0 N–H and O–H groups in total. The van der Waals surface area contributed by atoms with Gasteiger partial charge >= 0.3 is 0 Å². The molecule has 0 amide bonds. The monoisotopic (exact) mass is 762 g/mol. The van der Waals surface area contributed by atoms with Crippen LogP contribution in [0.4, 0.5) is 17.1 Å². The molecule has 0 saturated carbocycles. The van der Waals surface area contributed by atoms with Crippen LogP contribution in [0.3, 0.4) is 0 Å². The van der Waals surface area contributed by atoms with Gasteiger partial charge < -0.3 is 14.2 Å². The zero-order chi connectivity index (χ0) is 38.6. The molecule has 11 aromatic rings. The van der Waals surface area contributed by atoms with E-state index in [1.54, 1.807) is 0 Å². The number of anilines is 3. The van der Waals surface area contributed by atoms with Crippen LogP contribution in [-0.4, -0.2) is 11.2 Å². The number of fused-ring (bicyclic) bond motifs is 8. The lowest BCUT2D eigenvalue weighted by Crippen LogP contribution is -2.09. The minimum Gasteiger partial charge on any atom is -0.494 e. The molecule has 4 heteroatoms. The Bertz CT molecular complexity index is 3260. The third-order valence-electron chi connectivity index (χ3n) is 11.4. The molecule has 3 nitrogen and oxygen atoms in total. The Kier molecular flexibility index (Phi) is 8.30. The summed E-state index contributed by atoms with van der Waals surface area (Å²) in [5, 5.41) is 7.68. The quantitative estimate of drug-likeness (QED) is 0.153. The number of benzene rings is 9. The molecule has 0 unspecified atom stereocenters. The molecule has 276 valence electrons. The van der Waals surface area contributed by atoms with Crippen LogP contribution in [0.2, 0.25) is 0 Å². The summed E-state index contributed by atoms with van der Waals surface area (Å²) in [7, 11) is 0. The van der Waals surface area contributed by atoms with Crippen molar-refractivity contribution >= 4 is 81.1 Å². The van der Waals surface area contributed by atoms with Crippen LogP contribution < -0.4 is 9.64 Å². The first kappa shape index (κ1) is 34.1. The summed E-state index contributed by atoms with van der Waals surface area (Å²) in [6.07, 6.45) is 0. The molecule has 0 saturated heterocycles. The van der Waals surface area contributed by atoms with Crippen molar-refractivity contribution in [2.45, 2.75) is 6.92 Å². The van der Waals surface area contributed by atoms with Crippen LogP contribution in [0.15, 0.2) is 200 Å². The number of nitrogens with zero attached hydrogens (tertiary/aromatic N) is 2. The molecular formula is C54H38N2OS. The zero-order valence-electron chi connectivity index (χ0n) is 32.0. The molecule has 0 fully saturated rings. The second kappa shape index (κ2) is 14.1. The number of aromatic nitrogens is 1. The second-order valence-corrected chi connectivity index (χ2v) is 15.8. The number of hydrogen-bond donors (Lipinski definition) is 0. The number of hydrogen-bond acceptors (Lipinski definition) is 3. The summed E-state index contributed by atoms with van der Waals surface area (Å²) in [5.74, 6) is 0.872. The largest absolute Gasteiger partial charge is 0.494 e. The van der Waals surface area contributed by atoms with E-state index in [2.05, 4.69) is 198 Å². The maximum atomic E-state index is 5.75. The van der Waals surface area contributed by atoms with E-state index >= 15 is 0 Å². The normalized spacial score (nSPS) is 11.6. The second-order valence-electron chi connectivity index (χ2n) is 14.8. The maximum Gasteiger partial charge on any atom is 0.119 e. The van der Waals surface area contributed by atoms with E-state index in [1.807, 2.05) is 30.4 Å². The topological polar surface area (TPSA) is 17.4 Å². The van der Waals surface area contributed by atoms with Gasteiger partial charge in [0.2, 0.25) is 0 Å². The van der Waals surface area contributed by atoms with Crippen LogP contribution in [-0.2, 0) is 0 Å². The van der Waals surface area contributed by atoms with Crippen molar-refractivity contribution in [1.29, 1.82) is 0 Å². The number of rotatable bonds is 8. The SMILES string of the molecule is CCOc1ccc(N(c2ccccc2)c2ccc(-c3ccc4c(c3)c3cc5ccc6c7ccccc7sc6c5cc3n4-c3ccc(-c4ccccc4)cc3)cc2)cc1. The molecule has 0 aliphatic heterocycles. The Morgan fingerprint density at radius 2 is 1.05 bits per heavy atom. The fourth-order valence-electron chi connectivity index (χ4n) is 8.60. The summed E-state index contributed by atoms with van der Waals surface area (Å²) in [5.41, 5.74) is 11.6. The Hall–Kier alpha value is -7.14. The van der Waals surface area contributed by atoms with Crippen molar-refractivity contribution in [1.82, 2.24) is 4.57 Å². The van der Waals surface area contributed by atoms with E-state index in [4.69, 9.17) is 4.74 Å². The van der Waals surface area contributed by atoms with Crippen LogP contribution in [0.1, 0.15) is 6.92 Å². The highest BCUT2D eigenvalue weighted by Gasteiger charge is 2.18. The van der Waals surface area contributed by atoms with Crippen molar-refractivity contribution in [2.75, 3.05) is 11.5 Å². The molecule has 58 heavy (non-hydrogen) atoms. The van der Waals surface area contributed by atoms with Gasteiger partial charge in [0.15, 0.2) is 0 Å². The summed E-state index contributed by atoms with van der Waals surface area (Å²) >= 11 is 1.89. The highest BCUT2D eigenvalue weighted by molar-refractivity contribution is 7.26. The van der Waals surface area contributed by atoms with E-state index in [-0.39, 0.29) is 0 Å². The molecule has 0 bridgehead atoms. The van der Waals surface area contributed by atoms with Crippen molar-refractivity contribution in [3.63, 3.8) is 0 Å². The van der Waals surface area contributed by atoms with Gasteiger partial charge in [-0.05, 0) is 126 Å². The van der Waals surface area contributed by atoms with Crippen molar-refractivity contribution < 1.29 is 4.74 Å². The fourth-order valence-corrected chi connectivity index (χ4v) is 9.83. The van der Waals surface area contributed by atoms with Gasteiger partial charge in [0.25, 0.3) is 0 Å². The maximum absolute atomic E-state index is 5.75. The van der Waals surface area contributed by atoms with Gasteiger partial charge in [0.1, 0.15) is 5.75 Å². The zero-order valence-corrected chi connectivity index (χ0v) is 32.8. The molecule has 0 spiro atoms. The van der Waals surface area contributed by atoms with Crippen LogP contribution in [0, 0.1) is 0 Å². The Labute approximate surface area is 341 Å². The first-order valence-corrected chi connectivity index (χ1v) is 20.7. The molecule has 0 radical (unpaired) electrons. The standard InChI is InChI=1S/C54H38N2OS/c1-2-57-45-29-27-43(28-30-45)55(41-13-7-4-8-14-41)42-23-19-38(20-24-42)39-22-32-51-49(33-39)50-34-40-21-31-47-46-15-9-10-16-53(46)58-54(47)48(40)35-52(50)56(51)44-25-17-37(18-26-44)36-11-5-3-6-12-36/h3-35H,2H2,1H3. The van der Waals surface area contributed by atoms with Crippen LogP contribution in [0.25, 0.3) is 80.7 Å². The summed E-state index contributed by atoms with van der Waals surface area (Å²) in [6, 6.07) is 72.6. The number of ether oxygens (including phenoxy) is 1. The van der Waals surface area contributed by atoms with Crippen LogP contribution >= 0.6 is 11.3 Å².